The number of aryl methyl sites for hydroxylation is 1. The van der Waals surface area contributed by atoms with Crippen LogP contribution in [0, 0.1) is 6.92 Å². The van der Waals surface area contributed by atoms with Crippen molar-refractivity contribution in [1.29, 1.82) is 0 Å². The molecule has 0 aliphatic heterocycles. The fourth-order valence-electron chi connectivity index (χ4n) is 2.32. The molecule has 0 saturated carbocycles. The second-order valence-electron chi connectivity index (χ2n) is 4.77. The van der Waals surface area contributed by atoms with Gasteiger partial charge >= 0.3 is 0 Å². The fraction of sp³-hybridized carbons (Fsp3) is 0.250. The van der Waals surface area contributed by atoms with Crippen LogP contribution in [0.5, 0.6) is 0 Å². The molecule has 2 heterocycles. The standard InChI is InChI=1S/C16H18N2S/c1-13-7-11-19-16(13)12-17-8-10-18-9-6-14-4-2-3-5-15(14)18/h2-7,9,11,17H,8,10,12H2,1H3. The van der Waals surface area contributed by atoms with E-state index in [0.29, 0.717) is 0 Å². The molecule has 3 heteroatoms. The third-order valence-corrected chi connectivity index (χ3v) is 4.49. The summed E-state index contributed by atoms with van der Waals surface area (Å²) in [6.45, 7) is 5.16. The largest absolute Gasteiger partial charge is 0.346 e. The minimum atomic E-state index is 0.975. The topological polar surface area (TPSA) is 17.0 Å². The summed E-state index contributed by atoms with van der Waals surface area (Å²) in [7, 11) is 0. The van der Waals surface area contributed by atoms with E-state index in [0.717, 1.165) is 19.6 Å². The quantitative estimate of drug-likeness (QED) is 0.698. The van der Waals surface area contributed by atoms with Crippen LogP contribution in [-0.2, 0) is 13.1 Å². The van der Waals surface area contributed by atoms with Crippen molar-refractivity contribution in [2.24, 2.45) is 0 Å². The lowest BCUT2D eigenvalue weighted by atomic mass is 10.2. The molecule has 2 nitrogen and oxygen atoms in total. The highest BCUT2D eigenvalue weighted by Crippen LogP contribution is 2.16. The number of rotatable bonds is 5. The monoisotopic (exact) mass is 270 g/mol. The lowest BCUT2D eigenvalue weighted by Crippen LogP contribution is -2.18. The van der Waals surface area contributed by atoms with E-state index in [9.17, 15) is 0 Å². The Balaban J connectivity index is 1.57. The Labute approximate surface area is 117 Å². The normalized spacial score (nSPS) is 11.2. The molecule has 0 bridgehead atoms. The molecular formula is C16H18N2S. The van der Waals surface area contributed by atoms with Gasteiger partial charge in [0.1, 0.15) is 0 Å². The summed E-state index contributed by atoms with van der Waals surface area (Å²) in [5.74, 6) is 0. The molecule has 0 atom stereocenters. The van der Waals surface area contributed by atoms with Crippen LogP contribution in [0.3, 0.4) is 0 Å². The van der Waals surface area contributed by atoms with Gasteiger partial charge in [-0.1, -0.05) is 18.2 Å². The Morgan fingerprint density at radius 3 is 2.89 bits per heavy atom. The number of nitrogens with one attached hydrogen (secondary N) is 1. The molecule has 3 rings (SSSR count). The van der Waals surface area contributed by atoms with Gasteiger partial charge in [0.15, 0.2) is 0 Å². The summed E-state index contributed by atoms with van der Waals surface area (Å²) in [4.78, 5) is 1.44. The zero-order valence-electron chi connectivity index (χ0n) is 11.1. The van der Waals surface area contributed by atoms with E-state index in [1.807, 2.05) is 11.3 Å². The van der Waals surface area contributed by atoms with Crippen LogP contribution in [0.25, 0.3) is 10.9 Å². The van der Waals surface area contributed by atoms with Crippen molar-refractivity contribution in [1.82, 2.24) is 9.88 Å². The van der Waals surface area contributed by atoms with Gasteiger partial charge in [-0.3, -0.25) is 0 Å². The van der Waals surface area contributed by atoms with Gasteiger partial charge in [0, 0.05) is 36.2 Å². The van der Waals surface area contributed by atoms with Crippen molar-refractivity contribution in [3.63, 3.8) is 0 Å². The smallest absolute Gasteiger partial charge is 0.0480 e. The van der Waals surface area contributed by atoms with Crippen LogP contribution >= 0.6 is 11.3 Å². The van der Waals surface area contributed by atoms with Gasteiger partial charge in [0.2, 0.25) is 0 Å². The second kappa shape index (κ2) is 5.59. The molecule has 0 spiro atoms. The van der Waals surface area contributed by atoms with Gasteiger partial charge < -0.3 is 9.88 Å². The molecule has 98 valence electrons. The highest BCUT2D eigenvalue weighted by atomic mass is 32.1. The minimum absolute atomic E-state index is 0.975. The van der Waals surface area contributed by atoms with E-state index in [1.165, 1.54) is 21.3 Å². The number of benzene rings is 1. The highest BCUT2D eigenvalue weighted by molar-refractivity contribution is 7.10. The van der Waals surface area contributed by atoms with Gasteiger partial charge in [-0.25, -0.2) is 0 Å². The molecule has 1 N–H and O–H groups in total. The predicted octanol–water partition coefficient (Wildman–Crippen LogP) is 3.80. The van der Waals surface area contributed by atoms with Crippen molar-refractivity contribution in [2.75, 3.05) is 6.54 Å². The lowest BCUT2D eigenvalue weighted by molar-refractivity contribution is 0.612. The Hall–Kier alpha value is -1.58. The van der Waals surface area contributed by atoms with Gasteiger partial charge in [-0.2, -0.15) is 0 Å². The number of hydrogen-bond acceptors (Lipinski definition) is 2. The molecule has 0 unspecified atom stereocenters. The summed E-state index contributed by atoms with van der Waals surface area (Å²) in [6, 6.07) is 12.9. The number of thiophene rings is 1. The Morgan fingerprint density at radius 1 is 1.16 bits per heavy atom. The van der Waals surface area contributed by atoms with Gasteiger partial charge in [0.25, 0.3) is 0 Å². The Morgan fingerprint density at radius 2 is 2.05 bits per heavy atom. The van der Waals surface area contributed by atoms with Crippen LogP contribution in [0.15, 0.2) is 48.0 Å². The maximum Gasteiger partial charge on any atom is 0.0480 e. The summed E-state index contributed by atoms with van der Waals surface area (Å²) >= 11 is 1.83. The first-order valence-electron chi connectivity index (χ1n) is 6.62. The van der Waals surface area contributed by atoms with E-state index in [2.05, 4.69) is 64.8 Å². The van der Waals surface area contributed by atoms with Crippen LogP contribution in [0.2, 0.25) is 0 Å². The third kappa shape index (κ3) is 2.72. The summed E-state index contributed by atoms with van der Waals surface area (Å²) < 4.78 is 2.31. The minimum Gasteiger partial charge on any atom is -0.346 e. The zero-order valence-corrected chi connectivity index (χ0v) is 11.9. The van der Waals surface area contributed by atoms with Crippen LogP contribution in [-0.4, -0.2) is 11.1 Å². The summed E-state index contributed by atoms with van der Waals surface area (Å²) in [6.07, 6.45) is 2.17. The van der Waals surface area contributed by atoms with Gasteiger partial charge in [-0.05, 0) is 41.5 Å². The highest BCUT2D eigenvalue weighted by Gasteiger charge is 2.01. The molecule has 1 aromatic carbocycles. The Kier molecular flexibility index (Phi) is 3.67. The maximum absolute atomic E-state index is 3.52. The second-order valence-corrected chi connectivity index (χ2v) is 5.77. The average Bonchev–Trinajstić information content (AvgIpc) is 3.02. The van der Waals surface area contributed by atoms with Crippen LogP contribution in [0.1, 0.15) is 10.4 Å². The zero-order chi connectivity index (χ0) is 13.1. The number of hydrogen-bond donors (Lipinski definition) is 1. The van der Waals surface area contributed by atoms with E-state index in [-0.39, 0.29) is 0 Å². The van der Waals surface area contributed by atoms with Gasteiger partial charge in [-0.15, -0.1) is 11.3 Å². The lowest BCUT2D eigenvalue weighted by Gasteiger charge is -2.07. The van der Waals surface area contributed by atoms with Crippen molar-refractivity contribution < 1.29 is 0 Å². The number of nitrogens with zero attached hydrogens (tertiary/aromatic N) is 1. The van der Waals surface area contributed by atoms with Crippen molar-refractivity contribution in [3.05, 3.63) is 58.4 Å². The van der Waals surface area contributed by atoms with E-state index >= 15 is 0 Å². The molecule has 0 fully saturated rings. The van der Waals surface area contributed by atoms with Crippen molar-refractivity contribution >= 4 is 22.2 Å². The molecule has 0 saturated heterocycles. The Bertz CT molecular complexity index is 666. The van der Waals surface area contributed by atoms with E-state index in [4.69, 9.17) is 0 Å². The molecule has 0 amide bonds. The number of aromatic nitrogens is 1. The first-order valence-corrected chi connectivity index (χ1v) is 7.50. The molecular weight excluding hydrogens is 252 g/mol. The maximum atomic E-state index is 3.52. The van der Waals surface area contributed by atoms with Crippen LogP contribution < -0.4 is 5.32 Å². The number of fused-ring (bicyclic) bond motifs is 1. The molecule has 0 aliphatic rings. The van der Waals surface area contributed by atoms with Crippen LogP contribution in [0.4, 0.5) is 0 Å². The molecule has 2 aromatic heterocycles. The molecule has 0 radical (unpaired) electrons. The predicted molar refractivity (Wildman–Crippen MR) is 82.7 cm³/mol. The van der Waals surface area contributed by atoms with E-state index in [1.54, 1.807) is 0 Å². The molecule has 0 aliphatic carbocycles. The fourth-order valence-corrected chi connectivity index (χ4v) is 3.20. The first-order chi connectivity index (χ1) is 9.34. The van der Waals surface area contributed by atoms with Crippen molar-refractivity contribution in [3.8, 4) is 0 Å². The number of para-hydroxylation sites is 1. The molecule has 19 heavy (non-hydrogen) atoms. The van der Waals surface area contributed by atoms with Crippen molar-refractivity contribution in [2.45, 2.75) is 20.0 Å². The summed E-state index contributed by atoms with van der Waals surface area (Å²) in [5, 5.41) is 7.00. The average molecular weight is 270 g/mol. The van der Waals surface area contributed by atoms with Gasteiger partial charge in [0.05, 0.1) is 0 Å². The summed E-state index contributed by atoms with van der Waals surface area (Å²) in [5.41, 5.74) is 2.71. The molecule has 3 aromatic rings. The third-order valence-electron chi connectivity index (χ3n) is 3.46. The SMILES string of the molecule is Cc1ccsc1CNCCn1ccc2ccccc21. The first kappa shape index (κ1) is 12.5. The van der Waals surface area contributed by atoms with E-state index < -0.39 is 0 Å².